The molecule has 9 nitrogen and oxygen atoms in total. The Bertz CT molecular complexity index is 1010. The Hall–Kier alpha value is -3.36. The molecular formula is C23H26O9. The average molecular weight is 446 g/mol. The van der Waals surface area contributed by atoms with E-state index in [4.69, 9.17) is 19.3 Å². The fourth-order valence-corrected chi connectivity index (χ4v) is 4.56. The van der Waals surface area contributed by atoms with Gasteiger partial charge in [0.1, 0.15) is 12.2 Å². The van der Waals surface area contributed by atoms with Crippen molar-refractivity contribution >= 4 is 23.7 Å². The highest BCUT2D eigenvalue weighted by molar-refractivity contribution is 6.09. The van der Waals surface area contributed by atoms with E-state index in [1.165, 1.54) is 26.8 Å². The van der Waals surface area contributed by atoms with E-state index in [9.17, 15) is 24.3 Å². The Morgan fingerprint density at radius 1 is 1.12 bits per heavy atom. The lowest BCUT2D eigenvalue weighted by atomic mass is 9.77. The highest BCUT2D eigenvalue weighted by Crippen LogP contribution is 2.51. The van der Waals surface area contributed by atoms with Crippen molar-refractivity contribution < 1.29 is 43.6 Å². The minimum Gasteiger partial charge on any atom is -0.497 e. The molecule has 5 atom stereocenters. The van der Waals surface area contributed by atoms with Crippen molar-refractivity contribution in [1.82, 2.24) is 0 Å². The number of allylic oxidation sites excluding steroid dienone is 1. The van der Waals surface area contributed by atoms with Crippen LogP contribution in [0.2, 0.25) is 0 Å². The number of rotatable bonds is 6. The molecule has 172 valence electrons. The summed E-state index contributed by atoms with van der Waals surface area (Å²) in [7, 11) is 0. The molecule has 0 radical (unpaired) electrons. The molecule has 0 aromatic carbocycles. The predicted octanol–water partition coefficient (Wildman–Crippen LogP) is 2.53. The molecule has 0 amide bonds. The van der Waals surface area contributed by atoms with Gasteiger partial charge in [0.25, 0.3) is 0 Å². The smallest absolute Gasteiger partial charge is 0.351 e. The molecule has 1 saturated heterocycles. The van der Waals surface area contributed by atoms with Gasteiger partial charge in [-0.05, 0) is 40.7 Å². The van der Waals surface area contributed by atoms with Gasteiger partial charge >= 0.3 is 17.9 Å². The molecule has 1 aliphatic heterocycles. The van der Waals surface area contributed by atoms with Gasteiger partial charge in [-0.2, -0.15) is 0 Å². The second kappa shape index (κ2) is 8.29. The first kappa shape index (κ1) is 23.3. The summed E-state index contributed by atoms with van der Waals surface area (Å²) < 4.78 is 17.3. The third-order valence-corrected chi connectivity index (χ3v) is 6.34. The van der Waals surface area contributed by atoms with Crippen LogP contribution in [0.3, 0.4) is 0 Å². The van der Waals surface area contributed by atoms with Crippen LogP contribution in [-0.2, 0) is 33.4 Å². The number of hydrogen-bond donors (Lipinski definition) is 2. The Kier molecular flexibility index (Phi) is 6.04. The quantitative estimate of drug-likeness (QED) is 0.358. The van der Waals surface area contributed by atoms with Gasteiger partial charge in [-0.3, -0.25) is 4.79 Å². The molecule has 0 unspecified atom stereocenters. The molecule has 3 aliphatic rings. The van der Waals surface area contributed by atoms with E-state index in [2.05, 4.69) is 0 Å². The number of aliphatic carboxylic acids is 2. The van der Waals surface area contributed by atoms with Gasteiger partial charge in [0, 0.05) is 17.9 Å². The van der Waals surface area contributed by atoms with E-state index < -0.39 is 47.6 Å². The second-order valence-electron chi connectivity index (χ2n) is 8.64. The zero-order valence-corrected chi connectivity index (χ0v) is 18.5. The van der Waals surface area contributed by atoms with Gasteiger partial charge in [-0.25, -0.2) is 14.4 Å². The molecule has 2 N–H and O–H groups in total. The summed E-state index contributed by atoms with van der Waals surface area (Å²) in [6.07, 6.45) is 2.30. The standard InChI is InChI=1S/C23H26O9/c1-10-6-14(24)16-11(2)7-15(30-8-12(3)20(25)26)18-19(17(10)16)32-22(29)23(18,5)31-9-13(4)21(27)28/h6,8-9,15,17-19H,7H2,1-5H3,(H,25,26)(H,27,28)/b12-8-,13-9-/t15-,17+,18+,19-,23-/m0/s1. The number of carbonyl (C=O) groups is 4. The number of carboxylic acid groups (broad SMARTS) is 2. The summed E-state index contributed by atoms with van der Waals surface area (Å²) in [5.74, 6) is -4.46. The number of ether oxygens (including phenoxy) is 3. The van der Waals surface area contributed by atoms with Crippen molar-refractivity contribution in [2.45, 2.75) is 58.8 Å². The highest BCUT2D eigenvalue weighted by Gasteiger charge is 2.64. The first-order chi connectivity index (χ1) is 14.9. The van der Waals surface area contributed by atoms with E-state index in [0.717, 1.165) is 23.7 Å². The summed E-state index contributed by atoms with van der Waals surface area (Å²) in [6, 6.07) is 0. The van der Waals surface area contributed by atoms with Crippen LogP contribution in [0.15, 0.2) is 46.5 Å². The van der Waals surface area contributed by atoms with Crippen LogP contribution in [0.5, 0.6) is 0 Å². The zero-order chi connectivity index (χ0) is 24.0. The minimum atomic E-state index is -1.61. The van der Waals surface area contributed by atoms with Crippen LogP contribution in [0.25, 0.3) is 0 Å². The number of esters is 1. The van der Waals surface area contributed by atoms with Crippen LogP contribution in [0.4, 0.5) is 0 Å². The lowest BCUT2D eigenvalue weighted by Crippen LogP contribution is -2.48. The average Bonchev–Trinajstić information content (AvgIpc) is 3.09. The third kappa shape index (κ3) is 3.83. The normalized spacial score (nSPS) is 32.6. The molecule has 0 aromatic heterocycles. The van der Waals surface area contributed by atoms with Crippen LogP contribution < -0.4 is 0 Å². The fraction of sp³-hybridized carbons (Fsp3) is 0.478. The Balaban J connectivity index is 2.10. The van der Waals surface area contributed by atoms with Gasteiger partial charge in [-0.15, -0.1) is 0 Å². The zero-order valence-electron chi connectivity index (χ0n) is 18.5. The fourth-order valence-electron chi connectivity index (χ4n) is 4.56. The monoisotopic (exact) mass is 446 g/mol. The van der Waals surface area contributed by atoms with E-state index in [-0.39, 0.29) is 23.4 Å². The number of hydrogen-bond acceptors (Lipinski definition) is 7. The Labute approximate surface area is 185 Å². The van der Waals surface area contributed by atoms with Gasteiger partial charge in [0.2, 0.25) is 5.60 Å². The van der Waals surface area contributed by atoms with Crippen LogP contribution in [-0.4, -0.2) is 51.7 Å². The van der Waals surface area contributed by atoms with Crippen LogP contribution in [0, 0.1) is 11.8 Å². The molecule has 1 heterocycles. The molecule has 0 aromatic rings. The summed E-state index contributed by atoms with van der Waals surface area (Å²) in [6.45, 7) is 7.78. The number of carboxylic acids is 2. The second-order valence-corrected chi connectivity index (χ2v) is 8.64. The summed E-state index contributed by atoms with van der Waals surface area (Å²) >= 11 is 0. The summed E-state index contributed by atoms with van der Waals surface area (Å²) in [5.41, 5.74) is 0.265. The van der Waals surface area contributed by atoms with Crippen molar-refractivity contribution in [1.29, 1.82) is 0 Å². The lowest BCUT2D eigenvalue weighted by molar-refractivity contribution is -0.156. The predicted molar refractivity (Wildman–Crippen MR) is 110 cm³/mol. The van der Waals surface area contributed by atoms with E-state index in [1.807, 2.05) is 0 Å². The maximum absolute atomic E-state index is 13.0. The number of fused-ring (bicyclic) bond motifs is 3. The van der Waals surface area contributed by atoms with E-state index >= 15 is 0 Å². The lowest BCUT2D eigenvalue weighted by Gasteiger charge is -2.34. The van der Waals surface area contributed by atoms with Crippen LogP contribution in [0.1, 0.15) is 41.0 Å². The van der Waals surface area contributed by atoms with Crippen molar-refractivity contribution in [2.75, 3.05) is 0 Å². The minimum absolute atomic E-state index is 0.0436. The molecule has 3 rings (SSSR count). The van der Waals surface area contributed by atoms with Crippen LogP contribution >= 0.6 is 0 Å². The van der Waals surface area contributed by atoms with Gasteiger partial charge in [0.15, 0.2) is 5.78 Å². The van der Waals surface area contributed by atoms with Crippen molar-refractivity contribution in [2.24, 2.45) is 11.8 Å². The Morgan fingerprint density at radius 3 is 2.31 bits per heavy atom. The van der Waals surface area contributed by atoms with E-state index in [0.29, 0.717) is 5.57 Å². The SMILES string of the molecule is CC1=CC(=O)C2=C(C)C[C@H](O/C=C(/C)C(=O)O)[C@@H]3[C@@H](OC(=O)[C@@]3(C)O/C=C(/C)C(=O)O)[C@H]12. The number of carbonyl (C=O) groups excluding carboxylic acids is 2. The molecule has 0 spiro atoms. The van der Waals surface area contributed by atoms with Crippen molar-refractivity contribution in [3.05, 3.63) is 46.5 Å². The van der Waals surface area contributed by atoms with E-state index in [1.54, 1.807) is 13.8 Å². The van der Waals surface area contributed by atoms with Gasteiger partial charge in [-0.1, -0.05) is 11.1 Å². The summed E-state index contributed by atoms with van der Waals surface area (Å²) in [4.78, 5) is 48.1. The molecule has 0 bridgehead atoms. The maximum Gasteiger partial charge on any atom is 0.351 e. The topological polar surface area (TPSA) is 136 Å². The molecule has 9 heteroatoms. The highest BCUT2D eigenvalue weighted by atomic mass is 16.6. The van der Waals surface area contributed by atoms with Crippen molar-refractivity contribution in [3.63, 3.8) is 0 Å². The molecular weight excluding hydrogens is 420 g/mol. The maximum atomic E-state index is 13.0. The first-order valence-electron chi connectivity index (χ1n) is 10.1. The molecule has 1 fully saturated rings. The Morgan fingerprint density at radius 2 is 1.72 bits per heavy atom. The number of ketones is 1. The van der Waals surface area contributed by atoms with Gasteiger partial charge in [0.05, 0.1) is 29.6 Å². The molecule has 0 saturated carbocycles. The van der Waals surface area contributed by atoms with Gasteiger partial charge < -0.3 is 24.4 Å². The van der Waals surface area contributed by atoms with Crippen molar-refractivity contribution in [3.8, 4) is 0 Å². The summed E-state index contributed by atoms with van der Waals surface area (Å²) in [5, 5.41) is 18.3. The molecule has 32 heavy (non-hydrogen) atoms. The molecule has 2 aliphatic carbocycles. The largest absolute Gasteiger partial charge is 0.497 e. The third-order valence-electron chi connectivity index (χ3n) is 6.34. The first-order valence-corrected chi connectivity index (χ1v) is 10.1.